The zero-order valence-corrected chi connectivity index (χ0v) is 17.6. The molecule has 0 radical (unpaired) electrons. The number of carbonyl (C=O) groups is 1. The molecule has 6 nitrogen and oxygen atoms in total. The Morgan fingerprint density at radius 2 is 1.68 bits per heavy atom. The van der Waals surface area contributed by atoms with E-state index in [0.29, 0.717) is 24.3 Å². The van der Waals surface area contributed by atoms with Crippen LogP contribution in [-0.2, 0) is 13.1 Å². The van der Waals surface area contributed by atoms with Crippen LogP contribution in [0.2, 0.25) is 0 Å². The summed E-state index contributed by atoms with van der Waals surface area (Å²) in [4.78, 5) is 19.1. The number of amides is 1. The fraction of sp³-hybridized carbons (Fsp3) is 0.160. The van der Waals surface area contributed by atoms with Crippen molar-refractivity contribution in [3.05, 3.63) is 102 Å². The molecule has 0 aliphatic rings. The van der Waals surface area contributed by atoms with Crippen molar-refractivity contribution in [2.24, 2.45) is 0 Å². The predicted octanol–water partition coefficient (Wildman–Crippen LogP) is 4.27. The Labute approximate surface area is 181 Å². The Bertz CT molecular complexity index is 1140. The molecule has 0 aliphatic carbocycles. The molecule has 0 fully saturated rings. The first-order valence-corrected chi connectivity index (χ1v) is 10.0. The van der Waals surface area contributed by atoms with Gasteiger partial charge >= 0.3 is 0 Å². The zero-order chi connectivity index (χ0) is 21.6. The Hall–Kier alpha value is -3.93. The molecule has 0 N–H and O–H groups in total. The lowest BCUT2D eigenvalue weighted by Gasteiger charge is -2.17. The van der Waals surface area contributed by atoms with E-state index in [1.54, 1.807) is 31.5 Å². The molecule has 0 spiro atoms. The fourth-order valence-corrected chi connectivity index (χ4v) is 3.43. The van der Waals surface area contributed by atoms with Crippen molar-refractivity contribution in [3.8, 4) is 17.0 Å². The van der Waals surface area contributed by atoms with Gasteiger partial charge in [0.05, 0.1) is 19.2 Å². The molecule has 4 rings (SSSR count). The molecular formula is C25H24N4O2. The van der Waals surface area contributed by atoms with Crippen LogP contribution >= 0.6 is 0 Å². The molecule has 31 heavy (non-hydrogen) atoms. The van der Waals surface area contributed by atoms with Crippen LogP contribution in [0.5, 0.6) is 5.75 Å². The molecule has 2 aromatic carbocycles. The van der Waals surface area contributed by atoms with Crippen molar-refractivity contribution >= 4 is 5.91 Å². The number of methoxy groups -OCH3 is 1. The van der Waals surface area contributed by atoms with Crippen molar-refractivity contribution in [2.45, 2.75) is 13.1 Å². The van der Waals surface area contributed by atoms with Crippen molar-refractivity contribution < 1.29 is 9.53 Å². The summed E-state index contributed by atoms with van der Waals surface area (Å²) < 4.78 is 7.09. The fourth-order valence-electron chi connectivity index (χ4n) is 3.43. The Morgan fingerprint density at radius 1 is 0.968 bits per heavy atom. The molecule has 0 unspecified atom stereocenters. The molecule has 0 saturated carbocycles. The van der Waals surface area contributed by atoms with E-state index < -0.39 is 0 Å². The topological polar surface area (TPSA) is 60.3 Å². The van der Waals surface area contributed by atoms with E-state index in [4.69, 9.17) is 9.84 Å². The summed E-state index contributed by atoms with van der Waals surface area (Å²) in [5, 5.41) is 4.76. The number of pyridine rings is 1. The first kappa shape index (κ1) is 20.3. The Kier molecular flexibility index (Phi) is 6.08. The van der Waals surface area contributed by atoms with Gasteiger partial charge in [0.1, 0.15) is 11.4 Å². The van der Waals surface area contributed by atoms with Gasteiger partial charge in [-0.3, -0.25) is 14.5 Å². The van der Waals surface area contributed by atoms with E-state index in [-0.39, 0.29) is 5.91 Å². The van der Waals surface area contributed by atoms with Crippen LogP contribution in [0.4, 0.5) is 0 Å². The van der Waals surface area contributed by atoms with Gasteiger partial charge in [0.2, 0.25) is 0 Å². The van der Waals surface area contributed by atoms with E-state index in [9.17, 15) is 4.79 Å². The molecule has 0 aliphatic heterocycles. The van der Waals surface area contributed by atoms with Crippen LogP contribution in [0, 0.1) is 0 Å². The summed E-state index contributed by atoms with van der Waals surface area (Å²) in [5.74, 6) is 0.678. The van der Waals surface area contributed by atoms with Gasteiger partial charge in [0.15, 0.2) is 0 Å². The quantitative estimate of drug-likeness (QED) is 0.455. The van der Waals surface area contributed by atoms with Crippen LogP contribution < -0.4 is 4.74 Å². The van der Waals surface area contributed by atoms with E-state index in [1.165, 1.54) is 0 Å². The largest absolute Gasteiger partial charge is 0.497 e. The van der Waals surface area contributed by atoms with Crippen LogP contribution in [0.3, 0.4) is 0 Å². The van der Waals surface area contributed by atoms with E-state index in [1.807, 2.05) is 77.6 Å². The molecule has 2 heterocycles. The highest BCUT2D eigenvalue weighted by Crippen LogP contribution is 2.26. The highest BCUT2D eigenvalue weighted by molar-refractivity contribution is 5.99. The van der Waals surface area contributed by atoms with Crippen molar-refractivity contribution in [1.82, 2.24) is 19.7 Å². The number of aromatic nitrogens is 3. The average molecular weight is 412 g/mol. The normalized spacial score (nSPS) is 10.6. The molecule has 4 aromatic rings. The lowest BCUT2D eigenvalue weighted by molar-refractivity contribution is 0.0785. The number of benzene rings is 2. The molecule has 0 atom stereocenters. The number of rotatable bonds is 7. The minimum atomic E-state index is -0.0815. The average Bonchev–Trinajstić information content (AvgIpc) is 3.23. The number of nitrogens with zero attached hydrogens (tertiary/aromatic N) is 4. The van der Waals surface area contributed by atoms with Crippen molar-refractivity contribution in [2.75, 3.05) is 14.2 Å². The highest BCUT2D eigenvalue weighted by atomic mass is 16.5. The Morgan fingerprint density at radius 3 is 2.35 bits per heavy atom. The zero-order valence-electron chi connectivity index (χ0n) is 17.6. The summed E-state index contributed by atoms with van der Waals surface area (Å²) >= 11 is 0. The third-order valence-corrected chi connectivity index (χ3v) is 5.06. The van der Waals surface area contributed by atoms with E-state index >= 15 is 0 Å². The van der Waals surface area contributed by atoms with Crippen LogP contribution in [0.15, 0.2) is 85.3 Å². The van der Waals surface area contributed by atoms with Gasteiger partial charge in [0, 0.05) is 37.7 Å². The Balaban J connectivity index is 1.67. The lowest BCUT2D eigenvalue weighted by Crippen LogP contribution is -2.26. The van der Waals surface area contributed by atoms with Gasteiger partial charge in [-0.1, -0.05) is 30.3 Å². The van der Waals surface area contributed by atoms with Crippen LogP contribution in [-0.4, -0.2) is 39.7 Å². The number of ether oxygens (including phenoxy) is 1. The first-order valence-electron chi connectivity index (χ1n) is 10.0. The van der Waals surface area contributed by atoms with Gasteiger partial charge in [-0.2, -0.15) is 5.10 Å². The van der Waals surface area contributed by atoms with Crippen molar-refractivity contribution in [1.29, 1.82) is 0 Å². The molecule has 156 valence electrons. The molecular weight excluding hydrogens is 388 g/mol. The van der Waals surface area contributed by atoms with Gasteiger partial charge in [0.25, 0.3) is 5.91 Å². The molecule has 1 amide bonds. The molecule has 6 heteroatoms. The second-order valence-electron chi connectivity index (χ2n) is 7.32. The monoisotopic (exact) mass is 412 g/mol. The second kappa shape index (κ2) is 9.26. The second-order valence-corrected chi connectivity index (χ2v) is 7.32. The van der Waals surface area contributed by atoms with Crippen LogP contribution in [0.1, 0.15) is 21.5 Å². The maximum Gasteiger partial charge on any atom is 0.257 e. The standard InChI is InChI=1S/C25H24N4O2/c1-28(16-20-12-14-26-15-13-20)25(30)23-18-29(17-19-6-4-3-5-7-19)27-24(23)21-8-10-22(31-2)11-9-21/h3-15,18H,16-17H2,1-2H3. The summed E-state index contributed by atoms with van der Waals surface area (Å²) in [6, 6.07) is 21.5. The number of hydrogen-bond donors (Lipinski definition) is 0. The van der Waals surface area contributed by atoms with Crippen molar-refractivity contribution in [3.63, 3.8) is 0 Å². The third kappa shape index (κ3) is 4.80. The predicted molar refractivity (Wildman–Crippen MR) is 120 cm³/mol. The minimum absolute atomic E-state index is 0.0815. The summed E-state index contributed by atoms with van der Waals surface area (Å²) in [6.07, 6.45) is 5.29. The number of carbonyl (C=O) groups excluding carboxylic acids is 1. The lowest BCUT2D eigenvalue weighted by atomic mass is 10.1. The van der Waals surface area contributed by atoms with Gasteiger partial charge in [-0.25, -0.2) is 0 Å². The van der Waals surface area contributed by atoms with Gasteiger partial charge in [-0.05, 0) is 47.5 Å². The molecule has 0 bridgehead atoms. The van der Waals surface area contributed by atoms with E-state index in [2.05, 4.69) is 4.98 Å². The third-order valence-electron chi connectivity index (χ3n) is 5.06. The summed E-state index contributed by atoms with van der Waals surface area (Å²) in [7, 11) is 3.43. The molecule has 0 saturated heterocycles. The van der Waals surface area contributed by atoms with Crippen LogP contribution in [0.25, 0.3) is 11.3 Å². The summed E-state index contributed by atoms with van der Waals surface area (Å²) in [6.45, 7) is 1.08. The molecule has 2 aromatic heterocycles. The van der Waals surface area contributed by atoms with Gasteiger partial charge < -0.3 is 9.64 Å². The first-order chi connectivity index (χ1) is 15.1. The smallest absolute Gasteiger partial charge is 0.257 e. The minimum Gasteiger partial charge on any atom is -0.497 e. The maximum absolute atomic E-state index is 13.4. The highest BCUT2D eigenvalue weighted by Gasteiger charge is 2.21. The summed E-state index contributed by atoms with van der Waals surface area (Å²) in [5.41, 5.74) is 4.24. The SMILES string of the molecule is COc1ccc(-c2nn(Cc3ccccc3)cc2C(=O)N(C)Cc2ccncc2)cc1. The number of hydrogen-bond acceptors (Lipinski definition) is 4. The van der Waals surface area contributed by atoms with E-state index in [0.717, 1.165) is 22.4 Å². The van der Waals surface area contributed by atoms with Gasteiger partial charge in [-0.15, -0.1) is 0 Å². The maximum atomic E-state index is 13.4.